The summed E-state index contributed by atoms with van der Waals surface area (Å²) in [5.74, 6) is 2.45. The lowest BCUT2D eigenvalue weighted by Gasteiger charge is -2.38. The topological polar surface area (TPSA) is 52.5 Å². The molecule has 8 heteroatoms. The van der Waals surface area contributed by atoms with Gasteiger partial charge in [-0.3, -0.25) is 0 Å². The molecule has 0 fully saturated rings. The van der Waals surface area contributed by atoms with Crippen LogP contribution in [0.1, 0.15) is 34.7 Å². The molecule has 0 spiro atoms. The minimum Gasteiger partial charge on any atom is -0.493 e. The lowest BCUT2D eigenvalue weighted by molar-refractivity contribution is -0.0205. The van der Waals surface area contributed by atoms with Crippen molar-refractivity contribution in [1.29, 1.82) is 0 Å². The van der Waals surface area contributed by atoms with Crippen molar-refractivity contribution in [3.05, 3.63) is 68.9 Å². The summed E-state index contributed by atoms with van der Waals surface area (Å²) >= 11 is 8.00. The summed E-state index contributed by atoms with van der Waals surface area (Å²) in [5.41, 5.74) is 2.86. The van der Waals surface area contributed by atoms with Crippen LogP contribution < -0.4 is 18.9 Å². The number of hydrazone groups is 1. The first-order chi connectivity index (χ1) is 15.1. The maximum atomic E-state index is 6.46. The molecular formula is C23H21ClN2O4S. The van der Waals surface area contributed by atoms with E-state index in [9.17, 15) is 0 Å². The zero-order valence-corrected chi connectivity index (χ0v) is 18.9. The molecule has 2 aliphatic heterocycles. The van der Waals surface area contributed by atoms with Crippen molar-refractivity contribution < 1.29 is 18.9 Å². The fourth-order valence-corrected chi connectivity index (χ4v) is 5.08. The van der Waals surface area contributed by atoms with Crippen molar-refractivity contribution in [1.82, 2.24) is 5.01 Å². The lowest BCUT2D eigenvalue weighted by Crippen LogP contribution is -2.34. The van der Waals surface area contributed by atoms with Gasteiger partial charge in [0.25, 0.3) is 0 Å². The third kappa shape index (κ3) is 3.28. The van der Waals surface area contributed by atoms with Gasteiger partial charge in [0.1, 0.15) is 5.75 Å². The summed E-state index contributed by atoms with van der Waals surface area (Å²) in [6.45, 7) is 0. The van der Waals surface area contributed by atoms with Crippen LogP contribution in [0, 0.1) is 0 Å². The fraction of sp³-hybridized carbons (Fsp3) is 0.261. The number of hydrogen-bond acceptors (Lipinski definition) is 7. The molecule has 6 nitrogen and oxygen atoms in total. The smallest absolute Gasteiger partial charge is 0.217 e. The normalized spacial score (nSPS) is 19.2. The van der Waals surface area contributed by atoms with E-state index < -0.39 is 6.23 Å². The summed E-state index contributed by atoms with van der Waals surface area (Å²) in [4.78, 5) is 1.15. The Labute approximate surface area is 189 Å². The van der Waals surface area contributed by atoms with Crippen LogP contribution in [-0.2, 0) is 0 Å². The quantitative estimate of drug-likeness (QED) is 0.495. The Morgan fingerprint density at radius 1 is 1.03 bits per heavy atom. The second-order valence-electron chi connectivity index (χ2n) is 7.20. The van der Waals surface area contributed by atoms with Crippen LogP contribution in [0.25, 0.3) is 0 Å². The zero-order chi connectivity index (χ0) is 21.5. The van der Waals surface area contributed by atoms with Crippen molar-refractivity contribution in [2.75, 3.05) is 21.3 Å². The molecule has 0 unspecified atom stereocenters. The third-order valence-corrected chi connectivity index (χ3v) is 6.71. The lowest BCUT2D eigenvalue weighted by atomic mass is 9.97. The van der Waals surface area contributed by atoms with Gasteiger partial charge in [-0.25, -0.2) is 5.01 Å². The molecular weight excluding hydrogens is 436 g/mol. The zero-order valence-electron chi connectivity index (χ0n) is 17.3. The molecule has 0 saturated heterocycles. The van der Waals surface area contributed by atoms with Gasteiger partial charge in [0, 0.05) is 17.0 Å². The second kappa shape index (κ2) is 7.98. The summed E-state index contributed by atoms with van der Waals surface area (Å²) in [5, 5.41) is 9.71. The second-order valence-corrected chi connectivity index (χ2v) is 8.58. The minimum atomic E-state index is -0.495. The summed E-state index contributed by atoms with van der Waals surface area (Å²) in [6, 6.07) is 13.6. The molecule has 0 radical (unpaired) electrons. The monoisotopic (exact) mass is 456 g/mol. The Morgan fingerprint density at radius 3 is 2.58 bits per heavy atom. The van der Waals surface area contributed by atoms with Crippen LogP contribution in [0.5, 0.6) is 23.0 Å². The van der Waals surface area contributed by atoms with E-state index in [1.807, 2.05) is 41.4 Å². The van der Waals surface area contributed by atoms with E-state index in [2.05, 4.69) is 11.4 Å². The van der Waals surface area contributed by atoms with Gasteiger partial charge in [0.15, 0.2) is 11.5 Å². The Hall–Kier alpha value is -2.90. The maximum Gasteiger partial charge on any atom is 0.217 e. The van der Waals surface area contributed by atoms with E-state index >= 15 is 0 Å². The van der Waals surface area contributed by atoms with Gasteiger partial charge in [0.05, 0.1) is 43.5 Å². The standard InChI is InChI=1S/C23H21ClN2O4S/c1-27-19-9-7-14(21(28-2)22(19)29-3)23-26-17(12-16(25-26)20-5-4-10-31-20)15-11-13(24)6-8-18(15)30-23/h4-11,17,23H,12H2,1-3H3/t17-,23+/m1/s1. The molecule has 0 amide bonds. The number of nitrogens with zero attached hydrogens (tertiary/aromatic N) is 2. The number of methoxy groups -OCH3 is 3. The molecule has 160 valence electrons. The van der Waals surface area contributed by atoms with E-state index in [0.717, 1.165) is 33.9 Å². The van der Waals surface area contributed by atoms with Gasteiger partial charge in [-0.05, 0) is 41.8 Å². The van der Waals surface area contributed by atoms with E-state index in [1.54, 1.807) is 32.7 Å². The van der Waals surface area contributed by atoms with Gasteiger partial charge in [0.2, 0.25) is 12.0 Å². The third-order valence-electron chi connectivity index (χ3n) is 5.56. The highest BCUT2D eigenvalue weighted by Gasteiger charge is 2.43. The SMILES string of the molecule is COc1ccc([C@@H]2Oc3ccc(Cl)cc3[C@H]3CC(c4cccs4)=NN32)c(OC)c1OC. The minimum absolute atomic E-state index is 0.00218. The Kier molecular flexibility index (Phi) is 5.16. The van der Waals surface area contributed by atoms with Crippen LogP contribution in [0.15, 0.2) is 52.9 Å². The molecule has 3 aromatic rings. The largest absolute Gasteiger partial charge is 0.493 e. The average Bonchev–Trinajstić information content (AvgIpc) is 3.47. The van der Waals surface area contributed by atoms with Crippen LogP contribution in [0.2, 0.25) is 5.02 Å². The highest BCUT2D eigenvalue weighted by Crippen LogP contribution is 2.52. The molecule has 2 aliphatic rings. The summed E-state index contributed by atoms with van der Waals surface area (Å²) < 4.78 is 23.2. The van der Waals surface area contributed by atoms with E-state index in [1.165, 1.54) is 0 Å². The van der Waals surface area contributed by atoms with E-state index in [4.69, 9.17) is 35.6 Å². The van der Waals surface area contributed by atoms with Crippen molar-refractivity contribution in [3.63, 3.8) is 0 Å². The fourth-order valence-electron chi connectivity index (χ4n) is 4.17. The molecule has 0 bridgehead atoms. The van der Waals surface area contributed by atoms with Gasteiger partial charge in [-0.1, -0.05) is 17.7 Å². The highest BCUT2D eigenvalue weighted by molar-refractivity contribution is 7.12. The molecule has 1 aromatic heterocycles. The maximum absolute atomic E-state index is 6.46. The first-order valence-electron chi connectivity index (χ1n) is 9.79. The molecule has 0 aliphatic carbocycles. The van der Waals surface area contributed by atoms with Crippen LogP contribution in [0.3, 0.4) is 0 Å². The summed E-state index contributed by atoms with van der Waals surface area (Å²) in [7, 11) is 4.80. The number of halogens is 1. The Morgan fingerprint density at radius 2 is 1.87 bits per heavy atom. The van der Waals surface area contributed by atoms with Gasteiger partial charge in [-0.15, -0.1) is 11.3 Å². The van der Waals surface area contributed by atoms with Crippen LogP contribution in [-0.4, -0.2) is 32.0 Å². The molecule has 0 N–H and O–H groups in total. The molecule has 0 saturated carbocycles. The van der Waals surface area contributed by atoms with Crippen molar-refractivity contribution >= 4 is 28.6 Å². The molecule has 3 heterocycles. The van der Waals surface area contributed by atoms with Crippen LogP contribution in [0.4, 0.5) is 0 Å². The molecule has 5 rings (SSSR count). The average molecular weight is 457 g/mol. The molecule has 2 aromatic carbocycles. The number of rotatable bonds is 5. The van der Waals surface area contributed by atoms with Gasteiger partial charge < -0.3 is 18.9 Å². The van der Waals surface area contributed by atoms with Gasteiger partial charge >= 0.3 is 0 Å². The Balaban J connectivity index is 1.66. The first kappa shape index (κ1) is 20.0. The highest BCUT2D eigenvalue weighted by atomic mass is 35.5. The predicted molar refractivity (Wildman–Crippen MR) is 121 cm³/mol. The predicted octanol–water partition coefficient (Wildman–Crippen LogP) is 5.67. The first-order valence-corrected chi connectivity index (χ1v) is 11.0. The van der Waals surface area contributed by atoms with Crippen molar-refractivity contribution in [2.24, 2.45) is 5.10 Å². The molecule has 31 heavy (non-hydrogen) atoms. The number of ether oxygens (including phenoxy) is 4. The number of benzene rings is 2. The van der Waals surface area contributed by atoms with E-state index in [-0.39, 0.29) is 6.04 Å². The molecule has 2 atom stereocenters. The van der Waals surface area contributed by atoms with Crippen molar-refractivity contribution in [3.8, 4) is 23.0 Å². The number of hydrogen-bond donors (Lipinski definition) is 0. The number of thiophene rings is 1. The van der Waals surface area contributed by atoms with Crippen LogP contribution >= 0.6 is 22.9 Å². The number of fused-ring (bicyclic) bond motifs is 3. The summed E-state index contributed by atoms with van der Waals surface area (Å²) in [6.07, 6.45) is 0.273. The van der Waals surface area contributed by atoms with Gasteiger partial charge in [-0.2, -0.15) is 5.10 Å². The Bertz CT molecular complexity index is 1150. The van der Waals surface area contributed by atoms with Crippen molar-refractivity contribution in [2.45, 2.75) is 18.7 Å². The van der Waals surface area contributed by atoms with E-state index in [0.29, 0.717) is 22.3 Å².